The van der Waals surface area contributed by atoms with Crippen molar-refractivity contribution < 1.29 is 14.3 Å². The number of rotatable bonds is 7. The molecule has 0 radical (unpaired) electrons. The fraction of sp³-hybridized carbons (Fsp3) is 0.611. The molecule has 0 spiro atoms. The van der Waals surface area contributed by atoms with Gasteiger partial charge in [0.2, 0.25) is 5.91 Å². The lowest BCUT2D eigenvalue weighted by Gasteiger charge is -2.26. The van der Waals surface area contributed by atoms with Crippen LogP contribution >= 0.6 is 0 Å². The molecule has 1 aromatic carbocycles. The van der Waals surface area contributed by atoms with Gasteiger partial charge in [0.25, 0.3) is 0 Å². The van der Waals surface area contributed by atoms with Gasteiger partial charge in [-0.2, -0.15) is 0 Å². The monoisotopic (exact) mass is 320 g/mol. The zero-order chi connectivity index (χ0) is 16.8. The van der Waals surface area contributed by atoms with Crippen molar-refractivity contribution in [2.75, 3.05) is 33.9 Å². The predicted octanol–water partition coefficient (Wildman–Crippen LogP) is 2.61. The molecule has 1 aliphatic rings. The van der Waals surface area contributed by atoms with E-state index in [9.17, 15) is 4.79 Å². The molecule has 5 heteroatoms. The molecule has 0 aliphatic carbocycles. The summed E-state index contributed by atoms with van der Waals surface area (Å²) >= 11 is 0. The van der Waals surface area contributed by atoms with Crippen molar-refractivity contribution in [3.05, 3.63) is 23.8 Å². The summed E-state index contributed by atoms with van der Waals surface area (Å²) in [6.45, 7) is 6.28. The van der Waals surface area contributed by atoms with Gasteiger partial charge in [0.05, 0.1) is 20.8 Å². The van der Waals surface area contributed by atoms with Crippen LogP contribution in [0.15, 0.2) is 18.2 Å². The van der Waals surface area contributed by atoms with Crippen LogP contribution in [0, 0.1) is 5.92 Å². The summed E-state index contributed by atoms with van der Waals surface area (Å²) in [4.78, 5) is 14.4. The molecule has 1 fully saturated rings. The van der Waals surface area contributed by atoms with E-state index in [0.29, 0.717) is 12.5 Å². The van der Waals surface area contributed by atoms with Crippen molar-refractivity contribution in [3.63, 3.8) is 0 Å². The van der Waals surface area contributed by atoms with Gasteiger partial charge in [0.15, 0.2) is 0 Å². The van der Waals surface area contributed by atoms with Gasteiger partial charge >= 0.3 is 0 Å². The number of methoxy groups -OCH3 is 2. The Morgan fingerprint density at radius 1 is 1.35 bits per heavy atom. The molecule has 1 heterocycles. The maximum Gasteiger partial charge on any atom is 0.234 e. The first-order chi connectivity index (χ1) is 11.0. The Hall–Kier alpha value is -1.75. The average Bonchev–Trinajstić information content (AvgIpc) is 3.00. The quantitative estimate of drug-likeness (QED) is 0.839. The van der Waals surface area contributed by atoms with Crippen LogP contribution in [0.1, 0.15) is 38.3 Å². The zero-order valence-corrected chi connectivity index (χ0v) is 14.6. The highest BCUT2D eigenvalue weighted by molar-refractivity contribution is 5.78. The minimum Gasteiger partial charge on any atom is -0.497 e. The number of ether oxygens (including phenoxy) is 2. The maximum absolute atomic E-state index is 12.1. The first kappa shape index (κ1) is 17.6. The molecule has 1 N–H and O–H groups in total. The smallest absolute Gasteiger partial charge is 0.234 e. The van der Waals surface area contributed by atoms with E-state index in [1.165, 1.54) is 0 Å². The van der Waals surface area contributed by atoms with E-state index in [-0.39, 0.29) is 11.9 Å². The van der Waals surface area contributed by atoms with Crippen LogP contribution in [0.4, 0.5) is 0 Å². The Morgan fingerprint density at radius 2 is 2.13 bits per heavy atom. The van der Waals surface area contributed by atoms with E-state index in [1.54, 1.807) is 14.2 Å². The minimum atomic E-state index is 0.0902. The highest BCUT2D eigenvalue weighted by Gasteiger charge is 2.30. The van der Waals surface area contributed by atoms with Crippen LogP contribution in [0.25, 0.3) is 0 Å². The molecule has 128 valence electrons. The third-order valence-corrected chi connectivity index (χ3v) is 4.21. The molecule has 1 saturated heterocycles. The molecule has 1 aliphatic heterocycles. The second-order valence-electron chi connectivity index (χ2n) is 6.43. The van der Waals surface area contributed by atoms with Crippen molar-refractivity contribution >= 4 is 5.91 Å². The lowest BCUT2D eigenvalue weighted by atomic mass is 10.0. The van der Waals surface area contributed by atoms with Crippen LogP contribution in [0.2, 0.25) is 0 Å². The lowest BCUT2D eigenvalue weighted by molar-refractivity contribution is -0.122. The van der Waals surface area contributed by atoms with E-state index in [1.807, 2.05) is 18.2 Å². The van der Waals surface area contributed by atoms with Gasteiger partial charge in [-0.3, -0.25) is 9.69 Å². The number of amides is 1. The number of benzene rings is 1. The third kappa shape index (κ3) is 4.61. The summed E-state index contributed by atoms with van der Waals surface area (Å²) in [6, 6.07) is 6.05. The SMILES string of the molecule is COc1ccc(OC)c(C2CCCN2CC(=O)NCC(C)C)c1. The molecule has 1 unspecified atom stereocenters. The zero-order valence-electron chi connectivity index (χ0n) is 14.6. The van der Waals surface area contributed by atoms with Crippen LogP contribution in [-0.4, -0.2) is 44.7 Å². The van der Waals surface area contributed by atoms with Gasteiger partial charge in [0, 0.05) is 18.2 Å². The van der Waals surface area contributed by atoms with Crippen molar-refractivity contribution in [2.24, 2.45) is 5.92 Å². The molecule has 5 nitrogen and oxygen atoms in total. The molecule has 2 rings (SSSR count). The second-order valence-corrected chi connectivity index (χ2v) is 6.43. The summed E-state index contributed by atoms with van der Waals surface area (Å²) < 4.78 is 10.8. The van der Waals surface area contributed by atoms with Gasteiger partial charge in [-0.25, -0.2) is 0 Å². The summed E-state index contributed by atoms with van der Waals surface area (Å²) in [5, 5.41) is 3.00. The number of hydrogen-bond donors (Lipinski definition) is 1. The molecule has 23 heavy (non-hydrogen) atoms. The lowest BCUT2D eigenvalue weighted by Crippen LogP contribution is -2.38. The fourth-order valence-electron chi connectivity index (χ4n) is 3.03. The predicted molar refractivity (Wildman–Crippen MR) is 90.9 cm³/mol. The number of hydrogen-bond acceptors (Lipinski definition) is 4. The van der Waals surface area contributed by atoms with E-state index in [2.05, 4.69) is 24.1 Å². The minimum absolute atomic E-state index is 0.0902. The molecule has 1 atom stereocenters. The summed E-state index contributed by atoms with van der Waals surface area (Å²) in [5.41, 5.74) is 1.10. The molecular formula is C18H28N2O3. The summed E-state index contributed by atoms with van der Waals surface area (Å²) in [5.74, 6) is 2.22. The van der Waals surface area contributed by atoms with E-state index in [4.69, 9.17) is 9.47 Å². The van der Waals surface area contributed by atoms with Crippen molar-refractivity contribution in [3.8, 4) is 11.5 Å². The highest BCUT2D eigenvalue weighted by Crippen LogP contribution is 2.38. The second kappa shape index (κ2) is 8.20. The van der Waals surface area contributed by atoms with Crippen LogP contribution in [0.3, 0.4) is 0 Å². The number of nitrogens with one attached hydrogen (secondary N) is 1. The normalized spacial score (nSPS) is 18.2. The largest absolute Gasteiger partial charge is 0.497 e. The van der Waals surface area contributed by atoms with Gasteiger partial charge in [-0.15, -0.1) is 0 Å². The van der Waals surface area contributed by atoms with Gasteiger partial charge in [-0.1, -0.05) is 13.8 Å². The summed E-state index contributed by atoms with van der Waals surface area (Å²) in [6.07, 6.45) is 2.11. The number of carbonyl (C=O) groups is 1. The molecule has 0 saturated carbocycles. The van der Waals surface area contributed by atoms with Crippen molar-refractivity contribution in [1.29, 1.82) is 0 Å². The van der Waals surface area contributed by atoms with Crippen LogP contribution < -0.4 is 14.8 Å². The van der Waals surface area contributed by atoms with Gasteiger partial charge in [-0.05, 0) is 43.5 Å². The fourth-order valence-corrected chi connectivity index (χ4v) is 3.03. The van der Waals surface area contributed by atoms with E-state index < -0.39 is 0 Å². The molecule has 0 aromatic heterocycles. The van der Waals surface area contributed by atoms with Crippen molar-refractivity contribution in [1.82, 2.24) is 10.2 Å². The third-order valence-electron chi connectivity index (χ3n) is 4.21. The van der Waals surface area contributed by atoms with Crippen LogP contribution in [-0.2, 0) is 4.79 Å². The Labute approximate surface area is 139 Å². The first-order valence-corrected chi connectivity index (χ1v) is 8.27. The van der Waals surface area contributed by atoms with Crippen molar-refractivity contribution in [2.45, 2.75) is 32.7 Å². The Bertz CT molecular complexity index is 531. The Kier molecular flexibility index (Phi) is 6.28. The van der Waals surface area contributed by atoms with E-state index >= 15 is 0 Å². The van der Waals surface area contributed by atoms with Crippen LogP contribution in [0.5, 0.6) is 11.5 Å². The molecular weight excluding hydrogens is 292 g/mol. The molecule has 1 aromatic rings. The Morgan fingerprint density at radius 3 is 2.78 bits per heavy atom. The number of likely N-dealkylation sites (tertiary alicyclic amines) is 1. The Balaban J connectivity index is 2.10. The van der Waals surface area contributed by atoms with Gasteiger partial charge < -0.3 is 14.8 Å². The molecule has 1 amide bonds. The first-order valence-electron chi connectivity index (χ1n) is 8.27. The van der Waals surface area contributed by atoms with E-state index in [0.717, 1.165) is 43.0 Å². The molecule has 0 bridgehead atoms. The topological polar surface area (TPSA) is 50.8 Å². The maximum atomic E-state index is 12.1. The standard InChI is InChI=1S/C18H28N2O3/c1-13(2)11-19-18(21)12-20-9-5-6-16(20)15-10-14(22-3)7-8-17(15)23-4/h7-8,10,13,16H,5-6,9,11-12H2,1-4H3,(H,19,21). The van der Waals surface area contributed by atoms with Gasteiger partial charge in [0.1, 0.15) is 11.5 Å². The highest BCUT2D eigenvalue weighted by atomic mass is 16.5. The average molecular weight is 320 g/mol. The summed E-state index contributed by atoms with van der Waals surface area (Å²) in [7, 11) is 3.34. The number of nitrogens with zero attached hydrogens (tertiary/aromatic N) is 1. The number of carbonyl (C=O) groups excluding carboxylic acids is 1.